The van der Waals surface area contributed by atoms with Crippen LogP contribution in [0.15, 0.2) is 0 Å². The number of carbonyl (C=O) groups is 2. The monoisotopic (exact) mass is 213 g/mol. The molecule has 1 heterocycles. The zero-order valence-corrected chi connectivity index (χ0v) is 9.30. The lowest BCUT2D eigenvalue weighted by Crippen LogP contribution is -2.50. The van der Waals surface area contributed by atoms with Crippen molar-refractivity contribution >= 4 is 11.8 Å². The largest absolute Gasteiger partial charge is 0.355 e. The average molecular weight is 213 g/mol. The Bertz CT molecular complexity index is 237. The van der Waals surface area contributed by atoms with Crippen LogP contribution in [0, 0.1) is 0 Å². The SMILES string of the molecule is CCNC(=O)C(C)NC(=O)[C@H]1CCCN1. The predicted molar refractivity (Wildman–Crippen MR) is 57.3 cm³/mol. The summed E-state index contributed by atoms with van der Waals surface area (Å²) in [4.78, 5) is 23.0. The van der Waals surface area contributed by atoms with Crippen LogP contribution in [0.2, 0.25) is 0 Å². The first-order chi connectivity index (χ1) is 7.15. The van der Waals surface area contributed by atoms with Crippen LogP contribution in [-0.2, 0) is 9.59 Å². The maximum absolute atomic E-state index is 11.6. The minimum absolute atomic E-state index is 0.0775. The summed E-state index contributed by atoms with van der Waals surface area (Å²) in [6.45, 7) is 5.01. The molecule has 0 bridgehead atoms. The molecule has 1 saturated heterocycles. The molecule has 0 saturated carbocycles. The van der Waals surface area contributed by atoms with E-state index in [2.05, 4.69) is 16.0 Å². The van der Waals surface area contributed by atoms with Crippen molar-refractivity contribution in [3.05, 3.63) is 0 Å². The lowest BCUT2D eigenvalue weighted by atomic mass is 10.2. The maximum Gasteiger partial charge on any atom is 0.242 e. The van der Waals surface area contributed by atoms with Crippen LogP contribution in [0.4, 0.5) is 0 Å². The number of hydrogen-bond acceptors (Lipinski definition) is 3. The van der Waals surface area contributed by atoms with E-state index in [0.29, 0.717) is 6.54 Å². The van der Waals surface area contributed by atoms with Crippen molar-refractivity contribution in [3.63, 3.8) is 0 Å². The van der Waals surface area contributed by atoms with Crippen molar-refractivity contribution in [2.45, 2.75) is 38.8 Å². The van der Waals surface area contributed by atoms with Crippen LogP contribution in [0.3, 0.4) is 0 Å². The van der Waals surface area contributed by atoms with Crippen LogP contribution >= 0.6 is 0 Å². The minimum atomic E-state index is -0.458. The molecular formula is C10H19N3O2. The fourth-order valence-corrected chi connectivity index (χ4v) is 1.62. The third kappa shape index (κ3) is 3.51. The maximum atomic E-state index is 11.6. The van der Waals surface area contributed by atoms with E-state index in [1.807, 2.05) is 6.92 Å². The zero-order valence-electron chi connectivity index (χ0n) is 9.30. The number of amides is 2. The van der Waals surface area contributed by atoms with Crippen molar-refractivity contribution in [1.82, 2.24) is 16.0 Å². The molecule has 5 nitrogen and oxygen atoms in total. The molecule has 3 N–H and O–H groups in total. The second-order valence-electron chi connectivity index (χ2n) is 3.77. The molecule has 0 aromatic rings. The summed E-state index contributed by atoms with van der Waals surface area (Å²) >= 11 is 0. The Morgan fingerprint density at radius 1 is 1.53 bits per heavy atom. The fraction of sp³-hybridized carbons (Fsp3) is 0.800. The van der Waals surface area contributed by atoms with Crippen molar-refractivity contribution < 1.29 is 9.59 Å². The van der Waals surface area contributed by atoms with Crippen molar-refractivity contribution in [3.8, 4) is 0 Å². The Morgan fingerprint density at radius 2 is 2.27 bits per heavy atom. The third-order valence-corrected chi connectivity index (χ3v) is 2.48. The molecule has 0 spiro atoms. The van der Waals surface area contributed by atoms with Gasteiger partial charge < -0.3 is 16.0 Å². The van der Waals surface area contributed by atoms with Gasteiger partial charge >= 0.3 is 0 Å². The Kier molecular flexibility index (Phi) is 4.55. The van der Waals surface area contributed by atoms with E-state index in [9.17, 15) is 9.59 Å². The predicted octanol–water partition coefficient (Wildman–Crippen LogP) is -0.621. The van der Waals surface area contributed by atoms with Gasteiger partial charge in [0.25, 0.3) is 0 Å². The highest BCUT2D eigenvalue weighted by atomic mass is 16.2. The summed E-state index contributed by atoms with van der Waals surface area (Å²) < 4.78 is 0. The van der Waals surface area contributed by atoms with E-state index in [1.54, 1.807) is 6.92 Å². The smallest absolute Gasteiger partial charge is 0.242 e. The van der Waals surface area contributed by atoms with Crippen LogP contribution in [0.1, 0.15) is 26.7 Å². The van der Waals surface area contributed by atoms with Gasteiger partial charge in [0.05, 0.1) is 6.04 Å². The standard InChI is InChI=1S/C10H19N3O2/c1-3-11-9(14)7(2)13-10(15)8-5-4-6-12-8/h7-8,12H,3-6H2,1-2H3,(H,11,14)(H,13,15)/t7?,8-/m1/s1. The molecule has 1 unspecified atom stereocenters. The minimum Gasteiger partial charge on any atom is -0.355 e. The molecule has 1 aliphatic rings. The highest BCUT2D eigenvalue weighted by Gasteiger charge is 2.24. The molecule has 5 heteroatoms. The number of likely N-dealkylation sites (N-methyl/N-ethyl adjacent to an activating group) is 1. The Hall–Kier alpha value is -1.10. The van der Waals surface area contributed by atoms with Gasteiger partial charge in [0.2, 0.25) is 11.8 Å². The van der Waals surface area contributed by atoms with Crippen molar-refractivity contribution in [1.29, 1.82) is 0 Å². The first kappa shape index (κ1) is 12.0. The van der Waals surface area contributed by atoms with Crippen molar-refractivity contribution in [2.75, 3.05) is 13.1 Å². The van der Waals surface area contributed by atoms with Crippen LogP contribution < -0.4 is 16.0 Å². The molecule has 0 aromatic carbocycles. The molecule has 15 heavy (non-hydrogen) atoms. The second kappa shape index (κ2) is 5.70. The van der Waals surface area contributed by atoms with Gasteiger partial charge in [0.1, 0.15) is 6.04 Å². The number of carbonyl (C=O) groups excluding carboxylic acids is 2. The Labute approximate surface area is 90.0 Å². The lowest BCUT2D eigenvalue weighted by molar-refractivity contribution is -0.129. The number of nitrogens with one attached hydrogen (secondary N) is 3. The van der Waals surface area contributed by atoms with Gasteiger partial charge in [-0.15, -0.1) is 0 Å². The molecule has 86 valence electrons. The Morgan fingerprint density at radius 3 is 2.80 bits per heavy atom. The van der Waals surface area contributed by atoms with Gasteiger partial charge in [0.15, 0.2) is 0 Å². The van der Waals surface area contributed by atoms with E-state index in [1.165, 1.54) is 0 Å². The molecule has 0 radical (unpaired) electrons. The highest BCUT2D eigenvalue weighted by molar-refractivity contribution is 5.89. The molecule has 0 aliphatic carbocycles. The van der Waals surface area contributed by atoms with Gasteiger partial charge in [-0.2, -0.15) is 0 Å². The summed E-state index contributed by atoms with van der Waals surface area (Å²) in [6.07, 6.45) is 1.88. The van der Waals surface area contributed by atoms with Crippen LogP contribution in [0.5, 0.6) is 0 Å². The fourth-order valence-electron chi connectivity index (χ4n) is 1.62. The van der Waals surface area contributed by atoms with Crippen LogP contribution in [-0.4, -0.2) is 37.0 Å². The van der Waals surface area contributed by atoms with E-state index < -0.39 is 6.04 Å². The van der Waals surface area contributed by atoms with Gasteiger partial charge in [-0.3, -0.25) is 9.59 Å². The Balaban J connectivity index is 2.33. The third-order valence-electron chi connectivity index (χ3n) is 2.48. The second-order valence-corrected chi connectivity index (χ2v) is 3.77. The van der Waals surface area contributed by atoms with Gasteiger partial charge in [0, 0.05) is 6.54 Å². The summed E-state index contributed by atoms with van der Waals surface area (Å²) in [6, 6.07) is -0.582. The number of rotatable bonds is 4. The summed E-state index contributed by atoms with van der Waals surface area (Å²) in [7, 11) is 0. The van der Waals surface area contributed by atoms with Crippen LogP contribution in [0.25, 0.3) is 0 Å². The summed E-state index contributed by atoms with van der Waals surface area (Å²) in [5.74, 6) is -0.213. The summed E-state index contributed by atoms with van der Waals surface area (Å²) in [5, 5.41) is 8.45. The lowest BCUT2D eigenvalue weighted by Gasteiger charge is -2.16. The average Bonchev–Trinajstić information content (AvgIpc) is 2.70. The molecule has 2 amide bonds. The zero-order chi connectivity index (χ0) is 11.3. The van der Waals surface area contributed by atoms with E-state index in [-0.39, 0.29) is 17.9 Å². The van der Waals surface area contributed by atoms with E-state index >= 15 is 0 Å². The van der Waals surface area contributed by atoms with Crippen molar-refractivity contribution in [2.24, 2.45) is 0 Å². The topological polar surface area (TPSA) is 70.2 Å². The first-order valence-corrected chi connectivity index (χ1v) is 5.46. The highest BCUT2D eigenvalue weighted by Crippen LogP contribution is 2.04. The molecule has 1 fully saturated rings. The molecule has 1 rings (SSSR count). The number of hydrogen-bond donors (Lipinski definition) is 3. The van der Waals surface area contributed by atoms with Gasteiger partial charge in [-0.25, -0.2) is 0 Å². The molecular weight excluding hydrogens is 194 g/mol. The summed E-state index contributed by atoms with van der Waals surface area (Å²) in [5.41, 5.74) is 0. The molecule has 0 aromatic heterocycles. The van der Waals surface area contributed by atoms with E-state index in [4.69, 9.17) is 0 Å². The first-order valence-electron chi connectivity index (χ1n) is 5.46. The molecule has 1 aliphatic heterocycles. The normalized spacial score (nSPS) is 22.1. The van der Waals surface area contributed by atoms with Gasteiger partial charge in [-0.1, -0.05) is 0 Å². The van der Waals surface area contributed by atoms with E-state index in [0.717, 1.165) is 19.4 Å². The van der Waals surface area contributed by atoms with Gasteiger partial charge in [-0.05, 0) is 33.2 Å². The quantitative estimate of drug-likeness (QED) is 0.583. The molecule has 2 atom stereocenters.